The fourth-order valence-corrected chi connectivity index (χ4v) is 0.498. The zero-order valence-electron chi connectivity index (χ0n) is 6.98. The Morgan fingerprint density at radius 3 is 2.23 bits per heavy atom. The molecule has 13 heavy (non-hydrogen) atoms. The predicted octanol–water partition coefficient (Wildman–Crippen LogP) is 1.46. The van der Waals surface area contributed by atoms with Crippen LogP contribution in [0.1, 0.15) is 19.8 Å². The molecule has 0 bridgehead atoms. The fourth-order valence-electron chi connectivity index (χ4n) is 0.498. The maximum atomic E-state index is 11.6. The standard InChI is InChI=1S/C7H9F3O3/c1-2-3-13-6(12)4-5(11)7(8,9)10/h2-4H2,1H3. The number of hydrogen-bond acceptors (Lipinski definition) is 3. The van der Waals surface area contributed by atoms with Crippen LogP contribution in [-0.2, 0) is 14.3 Å². The first kappa shape index (κ1) is 11.9. The second-order valence-electron chi connectivity index (χ2n) is 2.32. The Morgan fingerprint density at radius 2 is 1.85 bits per heavy atom. The summed E-state index contributed by atoms with van der Waals surface area (Å²) in [5.74, 6) is -3.21. The lowest BCUT2D eigenvalue weighted by Crippen LogP contribution is -2.26. The minimum Gasteiger partial charge on any atom is -0.465 e. The molecule has 0 heterocycles. The van der Waals surface area contributed by atoms with Gasteiger partial charge in [0.15, 0.2) is 0 Å². The Labute approximate surface area is 72.9 Å². The highest BCUT2D eigenvalue weighted by molar-refractivity contribution is 5.98. The molecule has 0 atom stereocenters. The van der Waals surface area contributed by atoms with E-state index in [-0.39, 0.29) is 6.61 Å². The van der Waals surface area contributed by atoms with Crippen molar-refractivity contribution in [1.82, 2.24) is 0 Å². The van der Waals surface area contributed by atoms with E-state index >= 15 is 0 Å². The number of alkyl halides is 3. The van der Waals surface area contributed by atoms with Gasteiger partial charge in [-0.15, -0.1) is 0 Å². The molecule has 0 aromatic rings. The largest absolute Gasteiger partial charge is 0.465 e. The highest BCUT2D eigenvalue weighted by Crippen LogP contribution is 2.17. The average molecular weight is 198 g/mol. The molecule has 0 radical (unpaired) electrons. The summed E-state index contributed by atoms with van der Waals surface area (Å²) in [4.78, 5) is 20.7. The summed E-state index contributed by atoms with van der Waals surface area (Å²) in [5.41, 5.74) is 0. The normalized spacial score (nSPS) is 11.1. The van der Waals surface area contributed by atoms with E-state index in [1.807, 2.05) is 0 Å². The minimum absolute atomic E-state index is 0.0317. The van der Waals surface area contributed by atoms with Crippen molar-refractivity contribution in [3.05, 3.63) is 0 Å². The maximum Gasteiger partial charge on any atom is 0.450 e. The van der Waals surface area contributed by atoms with Crippen LogP contribution in [0.25, 0.3) is 0 Å². The van der Waals surface area contributed by atoms with Crippen LogP contribution < -0.4 is 0 Å². The van der Waals surface area contributed by atoms with Gasteiger partial charge in [0.2, 0.25) is 5.78 Å². The van der Waals surface area contributed by atoms with Gasteiger partial charge >= 0.3 is 12.1 Å². The van der Waals surface area contributed by atoms with E-state index in [1.165, 1.54) is 0 Å². The average Bonchev–Trinajstić information content (AvgIpc) is 1.99. The van der Waals surface area contributed by atoms with E-state index in [0.29, 0.717) is 6.42 Å². The third-order valence-corrected chi connectivity index (χ3v) is 1.09. The van der Waals surface area contributed by atoms with Crippen molar-refractivity contribution in [3.8, 4) is 0 Å². The molecule has 0 aliphatic carbocycles. The number of carbonyl (C=O) groups excluding carboxylic acids is 2. The first-order valence-corrected chi connectivity index (χ1v) is 3.63. The fraction of sp³-hybridized carbons (Fsp3) is 0.714. The van der Waals surface area contributed by atoms with Gasteiger partial charge in [-0.25, -0.2) is 0 Å². The number of hydrogen-bond donors (Lipinski definition) is 0. The molecule has 6 heteroatoms. The van der Waals surface area contributed by atoms with Crippen LogP contribution in [0.5, 0.6) is 0 Å². The molecule has 0 saturated heterocycles. The van der Waals surface area contributed by atoms with Gasteiger partial charge in [-0.1, -0.05) is 6.92 Å². The van der Waals surface area contributed by atoms with Gasteiger partial charge in [-0.05, 0) is 6.42 Å². The van der Waals surface area contributed by atoms with Crippen LogP contribution in [0.15, 0.2) is 0 Å². The minimum atomic E-state index is -4.95. The molecule has 0 spiro atoms. The Balaban J connectivity index is 3.86. The van der Waals surface area contributed by atoms with Gasteiger partial charge in [0.25, 0.3) is 0 Å². The molecular formula is C7H9F3O3. The molecule has 76 valence electrons. The van der Waals surface area contributed by atoms with Gasteiger partial charge in [0.05, 0.1) is 6.61 Å². The summed E-state index contributed by atoms with van der Waals surface area (Å²) in [6, 6.07) is 0. The van der Waals surface area contributed by atoms with Crippen LogP contribution in [0.2, 0.25) is 0 Å². The number of esters is 1. The first-order chi connectivity index (χ1) is 5.88. The van der Waals surface area contributed by atoms with Crippen LogP contribution in [0.3, 0.4) is 0 Å². The van der Waals surface area contributed by atoms with E-state index in [1.54, 1.807) is 6.92 Å². The quantitative estimate of drug-likeness (QED) is 0.507. The Hall–Kier alpha value is -1.07. The second-order valence-corrected chi connectivity index (χ2v) is 2.32. The van der Waals surface area contributed by atoms with Crippen molar-refractivity contribution in [1.29, 1.82) is 0 Å². The predicted molar refractivity (Wildman–Crippen MR) is 36.9 cm³/mol. The number of rotatable bonds is 4. The molecule has 0 rings (SSSR count). The molecule has 3 nitrogen and oxygen atoms in total. The topological polar surface area (TPSA) is 43.4 Å². The van der Waals surface area contributed by atoms with E-state index in [4.69, 9.17) is 0 Å². The molecule has 0 amide bonds. The van der Waals surface area contributed by atoms with E-state index in [9.17, 15) is 22.8 Å². The SMILES string of the molecule is CCCOC(=O)CC(=O)C(F)(F)F. The number of ether oxygens (including phenoxy) is 1. The summed E-state index contributed by atoms with van der Waals surface area (Å²) in [7, 11) is 0. The molecule has 0 N–H and O–H groups in total. The zero-order chi connectivity index (χ0) is 10.5. The lowest BCUT2D eigenvalue weighted by Gasteiger charge is -2.04. The summed E-state index contributed by atoms with van der Waals surface area (Å²) in [6.07, 6.45) is -5.68. The third kappa shape index (κ3) is 5.21. The van der Waals surface area contributed by atoms with Gasteiger partial charge < -0.3 is 4.74 Å². The molecule has 0 fully saturated rings. The summed E-state index contributed by atoms with van der Waals surface area (Å²) in [5, 5.41) is 0. The monoisotopic (exact) mass is 198 g/mol. The van der Waals surface area contributed by atoms with Crippen LogP contribution in [0.4, 0.5) is 13.2 Å². The third-order valence-electron chi connectivity index (χ3n) is 1.09. The number of ketones is 1. The highest BCUT2D eigenvalue weighted by Gasteiger charge is 2.39. The number of halogens is 3. The number of carbonyl (C=O) groups is 2. The lowest BCUT2D eigenvalue weighted by molar-refractivity contribution is -0.174. The van der Waals surface area contributed by atoms with Crippen molar-refractivity contribution < 1.29 is 27.5 Å². The molecule has 0 aromatic heterocycles. The Kier molecular flexibility index (Phi) is 4.44. The molecule has 0 aromatic carbocycles. The molecule has 0 unspecified atom stereocenters. The van der Waals surface area contributed by atoms with Gasteiger partial charge in [0.1, 0.15) is 6.42 Å². The molecule has 0 aliphatic heterocycles. The van der Waals surface area contributed by atoms with Crippen LogP contribution in [0, 0.1) is 0 Å². The Morgan fingerprint density at radius 1 is 1.31 bits per heavy atom. The second kappa shape index (κ2) is 4.84. The number of Topliss-reactive ketones (excluding diaryl/α,β-unsaturated/α-hetero) is 1. The van der Waals surface area contributed by atoms with E-state index in [0.717, 1.165) is 0 Å². The summed E-state index contributed by atoms with van der Waals surface area (Å²) in [6.45, 7) is 1.73. The van der Waals surface area contributed by atoms with Crippen molar-refractivity contribution >= 4 is 11.8 Å². The Bertz CT molecular complexity index is 198. The van der Waals surface area contributed by atoms with E-state index < -0.39 is 24.3 Å². The van der Waals surface area contributed by atoms with Crippen LogP contribution in [-0.4, -0.2) is 24.5 Å². The van der Waals surface area contributed by atoms with Crippen molar-refractivity contribution in [2.45, 2.75) is 25.9 Å². The van der Waals surface area contributed by atoms with Crippen LogP contribution >= 0.6 is 0 Å². The van der Waals surface area contributed by atoms with Crippen molar-refractivity contribution in [2.24, 2.45) is 0 Å². The van der Waals surface area contributed by atoms with Crippen molar-refractivity contribution in [2.75, 3.05) is 6.61 Å². The van der Waals surface area contributed by atoms with Gasteiger partial charge in [0, 0.05) is 0 Å². The first-order valence-electron chi connectivity index (χ1n) is 3.63. The molecule has 0 aliphatic rings. The van der Waals surface area contributed by atoms with Crippen molar-refractivity contribution in [3.63, 3.8) is 0 Å². The highest BCUT2D eigenvalue weighted by atomic mass is 19.4. The maximum absolute atomic E-state index is 11.6. The summed E-state index contributed by atoms with van der Waals surface area (Å²) >= 11 is 0. The van der Waals surface area contributed by atoms with Gasteiger partial charge in [-0.3, -0.25) is 9.59 Å². The smallest absolute Gasteiger partial charge is 0.450 e. The molecular weight excluding hydrogens is 189 g/mol. The van der Waals surface area contributed by atoms with E-state index in [2.05, 4.69) is 4.74 Å². The summed E-state index contributed by atoms with van der Waals surface area (Å²) < 4.78 is 39.0. The lowest BCUT2D eigenvalue weighted by atomic mass is 10.3. The van der Waals surface area contributed by atoms with Gasteiger partial charge in [-0.2, -0.15) is 13.2 Å². The molecule has 0 saturated carbocycles. The zero-order valence-corrected chi connectivity index (χ0v) is 6.98.